The van der Waals surface area contributed by atoms with Crippen LogP contribution in [-0.2, 0) is 11.2 Å². The highest BCUT2D eigenvalue weighted by Gasteiger charge is 2.16. The van der Waals surface area contributed by atoms with Gasteiger partial charge in [-0.15, -0.1) is 0 Å². The molecule has 1 aromatic rings. The van der Waals surface area contributed by atoms with Crippen LogP contribution in [0.2, 0.25) is 0 Å². The Morgan fingerprint density at radius 1 is 1.41 bits per heavy atom. The molecule has 1 aromatic carbocycles. The average Bonchev–Trinajstić information content (AvgIpc) is 2.35. The summed E-state index contributed by atoms with van der Waals surface area (Å²) in [5.74, 6) is -0.0336. The molecule has 17 heavy (non-hydrogen) atoms. The maximum Gasteiger partial charge on any atom is 0.338 e. The zero-order valence-corrected chi connectivity index (χ0v) is 10.2. The van der Waals surface area contributed by atoms with Gasteiger partial charge in [-0.25, -0.2) is 4.79 Å². The Hall–Kier alpha value is -1.97. The molecular formula is C13H16O4. The Bertz CT molecular complexity index is 435. The van der Waals surface area contributed by atoms with Gasteiger partial charge in [0.25, 0.3) is 0 Å². The molecule has 1 N–H and O–H groups in total. The van der Waals surface area contributed by atoms with Crippen LogP contribution in [0.25, 0.3) is 0 Å². The molecule has 0 unspecified atom stereocenters. The van der Waals surface area contributed by atoms with Crippen LogP contribution in [-0.4, -0.2) is 25.3 Å². The molecule has 0 amide bonds. The van der Waals surface area contributed by atoms with Gasteiger partial charge in [0, 0.05) is 11.6 Å². The first-order valence-corrected chi connectivity index (χ1v) is 5.23. The molecule has 0 spiro atoms. The van der Waals surface area contributed by atoms with Crippen molar-refractivity contribution in [2.24, 2.45) is 0 Å². The zero-order valence-electron chi connectivity index (χ0n) is 10.2. The number of phenolic OH excluding ortho intramolecular Hbond substituents is 1. The smallest absolute Gasteiger partial charge is 0.338 e. The van der Waals surface area contributed by atoms with Crippen molar-refractivity contribution >= 4 is 5.97 Å². The zero-order chi connectivity index (χ0) is 12.8. The minimum atomic E-state index is -0.487. The van der Waals surface area contributed by atoms with Gasteiger partial charge in [-0.05, 0) is 19.4 Å². The van der Waals surface area contributed by atoms with Gasteiger partial charge in [-0.3, -0.25) is 0 Å². The molecular weight excluding hydrogens is 220 g/mol. The molecule has 0 heterocycles. The largest absolute Gasteiger partial charge is 0.507 e. The highest BCUT2D eigenvalue weighted by atomic mass is 16.5. The minimum Gasteiger partial charge on any atom is -0.507 e. The van der Waals surface area contributed by atoms with Crippen LogP contribution in [0.5, 0.6) is 11.5 Å². The van der Waals surface area contributed by atoms with Crippen LogP contribution in [0, 0.1) is 0 Å². The number of hydrogen-bond donors (Lipinski definition) is 1. The van der Waals surface area contributed by atoms with Gasteiger partial charge in [-0.1, -0.05) is 12.2 Å². The fraction of sp³-hybridized carbons (Fsp3) is 0.308. The molecule has 4 nitrogen and oxygen atoms in total. The van der Waals surface area contributed by atoms with Crippen molar-refractivity contribution < 1.29 is 19.4 Å². The van der Waals surface area contributed by atoms with Crippen molar-refractivity contribution in [1.82, 2.24) is 0 Å². The molecule has 0 bridgehead atoms. The number of benzene rings is 1. The highest BCUT2D eigenvalue weighted by Crippen LogP contribution is 2.29. The predicted octanol–water partition coefficient (Wildman–Crippen LogP) is 2.31. The van der Waals surface area contributed by atoms with E-state index < -0.39 is 5.97 Å². The van der Waals surface area contributed by atoms with E-state index in [4.69, 9.17) is 4.74 Å². The Morgan fingerprint density at radius 2 is 2.12 bits per heavy atom. The van der Waals surface area contributed by atoms with Gasteiger partial charge in [-0.2, -0.15) is 0 Å². The minimum absolute atomic E-state index is 0.0304. The van der Waals surface area contributed by atoms with Gasteiger partial charge in [0.1, 0.15) is 11.5 Å². The third-order valence-corrected chi connectivity index (χ3v) is 2.40. The van der Waals surface area contributed by atoms with Gasteiger partial charge in [0.05, 0.1) is 19.8 Å². The lowest BCUT2D eigenvalue weighted by Gasteiger charge is -2.10. The second kappa shape index (κ2) is 5.94. The standard InChI is InChI=1S/C13H16O4/c1-4-5-6-10-11(13(15)17-3)7-9(16-2)8-12(10)14/h4-5,7-8,14H,6H2,1-3H3/b5-4+. The van der Waals surface area contributed by atoms with Gasteiger partial charge >= 0.3 is 5.97 Å². The molecule has 0 saturated heterocycles. The fourth-order valence-electron chi connectivity index (χ4n) is 1.49. The van der Waals surface area contributed by atoms with Crippen molar-refractivity contribution in [2.75, 3.05) is 14.2 Å². The van der Waals surface area contributed by atoms with Crippen molar-refractivity contribution in [3.05, 3.63) is 35.4 Å². The summed E-state index contributed by atoms with van der Waals surface area (Å²) in [4.78, 5) is 11.6. The number of aromatic hydroxyl groups is 1. The van der Waals surface area contributed by atoms with E-state index in [-0.39, 0.29) is 5.75 Å². The highest BCUT2D eigenvalue weighted by molar-refractivity contribution is 5.92. The molecule has 0 aliphatic rings. The number of rotatable bonds is 4. The van der Waals surface area contributed by atoms with Gasteiger partial charge in [0.15, 0.2) is 0 Å². The molecule has 0 atom stereocenters. The monoisotopic (exact) mass is 236 g/mol. The van der Waals surface area contributed by atoms with Crippen LogP contribution in [0.3, 0.4) is 0 Å². The lowest BCUT2D eigenvalue weighted by molar-refractivity contribution is 0.0598. The van der Waals surface area contributed by atoms with Gasteiger partial charge in [0.2, 0.25) is 0 Å². The first kappa shape index (κ1) is 13.1. The van der Waals surface area contributed by atoms with E-state index in [1.54, 1.807) is 6.07 Å². The quantitative estimate of drug-likeness (QED) is 0.643. The van der Waals surface area contributed by atoms with Crippen molar-refractivity contribution in [3.8, 4) is 11.5 Å². The van der Waals surface area contributed by atoms with Crippen LogP contribution in [0.4, 0.5) is 0 Å². The number of phenols is 1. The first-order chi connectivity index (χ1) is 8.13. The number of hydrogen-bond acceptors (Lipinski definition) is 4. The normalized spacial score (nSPS) is 10.5. The van der Waals surface area contributed by atoms with Crippen LogP contribution >= 0.6 is 0 Å². The number of allylic oxidation sites excluding steroid dienone is 2. The third kappa shape index (κ3) is 3.00. The number of carbonyl (C=O) groups is 1. The van der Waals surface area contributed by atoms with E-state index in [0.717, 1.165) is 0 Å². The van der Waals surface area contributed by atoms with Crippen LogP contribution in [0.1, 0.15) is 22.8 Å². The molecule has 0 radical (unpaired) electrons. The van der Waals surface area contributed by atoms with Crippen molar-refractivity contribution in [2.45, 2.75) is 13.3 Å². The summed E-state index contributed by atoms with van der Waals surface area (Å²) in [6.07, 6.45) is 4.18. The SMILES string of the molecule is C/C=C/Cc1c(O)cc(OC)cc1C(=O)OC. The van der Waals surface area contributed by atoms with E-state index >= 15 is 0 Å². The number of carbonyl (C=O) groups excluding carboxylic acids is 1. The lowest BCUT2D eigenvalue weighted by atomic mass is 10.0. The Morgan fingerprint density at radius 3 is 2.65 bits per heavy atom. The Balaban J connectivity index is 3.28. The first-order valence-electron chi connectivity index (χ1n) is 5.23. The van der Waals surface area contributed by atoms with E-state index in [1.165, 1.54) is 20.3 Å². The van der Waals surface area contributed by atoms with Gasteiger partial charge < -0.3 is 14.6 Å². The summed E-state index contributed by atoms with van der Waals surface area (Å²) >= 11 is 0. The summed E-state index contributed by atoms with van der Waals surface area (Å²) in [6.45, 7) is 1.87. The van der Waals surface area contributed by atoms with Crippen molar-refractivity contribution in [3.63, 3.8) is 0 Å². The topological polar surface area (TPSA) is 55.8 Å². The van der Waals surface area contributed by atoms with Crippen LogP contribution in [0.15, 0.2) is 24.3 Å². The summed E-state index contributed by atoms with van der Waals surface area (Å²) in [5, 5.41) is 9.85. The Kier molecular flexibility index (Phi) is 4.57. The summed E-state index contributed by atoms with van der Waals surface area (Å²) < 4.78 is 9.69. The molecule has 0 aromatic heterocycles. The molecule has 0 aliphatic carbocycles. The molecule has 1 rings (SSSR count). The Labute approximate surface area is 100 Å². The number of esters is 1. The molecule has 92 valence electrons. The van der Waals surface area contributed by atoms with Crippen LogP contribution < -0.4 is 4.74 Å². The second-order valence-electron chi connectivity index (χ2n) is 3.44. The average molecular weight is 236 g/mol. The molecule has 0 aliphatic heterocycles. The molecule has 0 fully saturated rings. The van der Waals surface area contributed by atoms with E-state index in [1.807, 2.05) is 19.1 Å². The number of methoxy groups -OCH3 is 2. The lowest BCUT2D eigenvalue weighted by Crippen LogP contribution is -2.06. The fourth-order valence-corrected chi connectivity index (χ4v) is 1.49. The summed E-state index contributed by atoms with van der Waals surface area (Å²) in [5.41, 5.74) is 0.859. The van der Waals surface area contributed by atoms with Crippen molar-refractivity contribution in [1.29, 1.82) is 0 Å². The molecule has 4 heteroatoms. The van der Waals surface area contributed by atoms with E-state index in [2.05, 4.69) is 4.74 Å². The van der Waals surface area contributed by atoms with E-state index in [9.17, 15) is 9.90 Å². The molecule has 0 saturated carbocycles. The predicted molar refractivity (Wildman–Crippen MR) is 64.5 cm³/mol. The maximum atomic E-state index is 11.6. The number of ether oxygens (including phenoxy) is 2. The summed E-state index contributed by atoms with van der Waals surface area (Å²) in [6, 6.07) is 3.04. The maximum absolute atomic E-state index is 11.6. The van der Waals surface area contributed by atoms with E-state index in [0.29, 0.717) is 23.3 Å². The summed E-state index contributed by atoms with van der Waals surface area (Å²) in [7, 11) is 2.78. The second-order valence-corrected chi connectivity index (χ2v) is 3.44. The third-order valence-electron chi connectivity index (χ3n) is 2.40.